The third kappa shape index (κ3) is 3.15. The molecule has 0 radical (unpaired) electrons. The summed E-state index contributed by atoms with van der Waals surface area (Å²) in [5, 5.41) is 1.07. The van der Waals surface area contributed by atoms with Crippen LogP contribution in [-0.2, 0) is 14.1 Å². The van der Waals surface area contributed by atoms with Crippen LogP contribution in [0.3, 0.4) is 0 Å². The Morgan fingerprint density at radius 2 is 1.62 bits per heavy atom. The Labute approximate surface area is 196 Å². The van der Waals surface area contributed by atoms with Gasteiger partial charge in [0.1, 0.15) is 5.82 Å². The molecule has 3 heterocycles. The Hall–Kier alpha value is -4.45. The summed E-state index contributed by atoms with van der Waals surface area (Å²) in [6.07, 6.45) is 1.86. The Morgan fingerprint density at radius 1 is 0.794 bits per heavy atom. The Morgan fingerprint density at radius 3 is 2.47 bits per heavy atom. The molecule has 0 aliphatic carbocycles. The monoisotopic (exact) mass is 445 g/mol. The third-order valence-electron chi connectivity index (χ3n) is 6.42. The van der Waals surface area contributed by atoms with Crippen molar-refractivity contribution in [3.63, 3.8) is 0 Å². The molecule has 6 heteroatoms. The molecule has 6 nitrogen and oxygen atoms in total. The average Bonchev–Trinajstić information content (AvgIpc) is 3.40. The molecule has 1 N–H and O–H groups in total. The van der Waals surface area contributed by atoms with Gasteiger partial charge in [-0.3, -0.25) is 14.1 Å². The Kier molecular flexibility index (Phi) is 4.48. The number of nitrogens with zero attached hydrogens (tertiary/aromatic N) is 4. The van der Waals surface area contributed by atoms with Crippen molar-refractivity contribution in [1.29, 1.82) is 0 Å². The van der Waals surface area contributed by atoms with Crippen LogP contribution in [0.2, 0.25) is 0 Å². The smallest absolute Gasteiger partial charge is 0.328 e. The number of hydrogen-bond donors (Lipinski definition) is 1. The van der Waals surface area contributed by atoms with E-state index in [4.69, 9.17) is 4.98 Å². The number of H-pyrrole nitrogens is 1. The number of pyridine rings is 1. The summed E-state index contributed by atoms with van der Waals surface area (Å²) in [7, 11) is 3.60. The molecule has 0 atom stereocenters. The van der Waals surface area contributed by atoms with Gasteiger partial charge in [-0.05, 0) is 37.3 Å². The summed E-state index contributed by atoms with van der Waals surface area (Å²) in [4.78, 5) is 25.7. The minimum atomic E-state index is -0.0430. The van der Waals surface area contributed by atoms with Crippen molar-refractivity contribution in [3.8, 4) is 33.9 Å². The van der Waals surface area contributed by atoms with Gasteiger partial charge in [0.15, 0.2) is 0 Å². The van der Waals surface area contributed by atoms with E-state index in [0.717, 1.165) is 55.8 Å². The SMILES string of the molecule is Cc1cccc(-c2nc(-c3cnc4ccccc4c3)[nH]c2-c2ccc3c(c2)n(C)c(=O)n3C)c1. The molecule has 6 aromatic rings. The zero-order chi connectivity index (χ0) is 23.4. The number of nitrogens with one attached hydrogen (secondary N) is 1. The third-order valence-corrected chi connectivity index (χ3v) is 6.42. The van der Waals surface area contributed by atoms with E-state index in [9.17, 15) is 4.79 Å². The van der Waals surface area contributed by atoms with E-state index in [2.05, 4.69) is 47.2 Å². The number of benzene rings is 3. The summed E-state index contributed by atoms with van der Waals surface area (Å²) >= 11 is 0. The molecular weight excluding hydrogens is 422 g/mol. The lowest BCUT2D eigenvalue weighted by Gasteiger charge is -2.05. The van der Waals surface area contributed by atoms with Gasteiger partial charge in [-0.2, -0.15) is 0 Å². The molecule has 0 bridgehead atoms. The number of hydrogen-bond acceptors (Lipinski definition) is 3. The highest BCUT2D eigenvalue weighted by molar-refractivity contribution is 5.88. The lowest BCUT2D eigenvalue weighted by molar-refractivity contribution is 0.795. The molecule has 0 spiro atoms. The summed E-state index contributed by atoms with van der Waals surface area (Å²) in [5.74, 6) is 0.756. The second-order valence-electron chi connectivity index (χ2n) is 8.70. The standard InChI is InChI=1S/C28H23N5O/c1-17-7-6-9-19(13-17)25-26(20-11-12-23-24(15-20)33(3)28(34)32(23)2)31-27(30-25)21-14-18-8-4-5-10-22(18)29-16-21/h4-16H,1-3H3,(H,30,31). The van der Waals surface area contributed by atoms with Crippen LogP contribution in [0.1, 0.15) is 5.56 Å². The topological polar surface area (TPSA) is 68.5 Å². The van der Waals surface area contributed by atoms with E-state index in [-0.39, 0.29) is 5.69 Å². The van der Waals surface area contributed by atoms with Crippen molar-refractivity contribution >= 4 is 21.9 Å². The normalized spacial score (nSPS) is 11.5. The van der Waals surface area contributed by atoms with Crippen LogP contribution in [0.5, 0.6) is 0 Å². The fourth-order valence-electron chi connectivity index (χ4n) is 4.58. The number of aryl methyl sites for hydroxylation is 3. The van der Waals surface area contributed by atoms with Gasteiger partial charge in [-0.15, -0.1) is 0 Å². The van der Waals surface area contributed by atoms with E-state index >= 15 is 0 Å². The largest absolute Gasteiger partial charge is 0.337 e. The van der Waals surface area contributed by atoms with Crippen molar-refractivity contribution in [3.05, 3.63) is 95.0 Å². The summed E-state index contributed by atoms with van der Waals surface area (Å²) < 4.78 is 3.34. The predicted octanol–water partition coefficient (Wildman–Crippen LogP) is 5.46. The number of rotatable bonds is 3. The van der Waals surface area contributed by atoms with Crippen molar-refractivity contribution in [2.24, 2.45) is 14.1 Å². The molecular formula is C28H23N5O. The number of aromatic amines is 1. The van der Waals surface area contributed by atoms with Crippen molar-refractivity contribution < 1.29 is 0 Å². The van der Waals surface area contributed by atoms with Crippen LogP contribution in [0.25, 0.3) is 55.8 Å². The fraction of sp³-hybridized carbons (Fsp3) is 0.107. The van der Waals surface area contributed by atoms with Gasteiger partial charge in [-0.25, -0.2) is 9.78 Å². The molecule has 0 unspecified atom stereocenters. The zero-order valence-electron chi connectivity index (χ0n) is 19.2. The van der Waals surface area contributed by atoms with E-state index in [1.807, 2.05) is 48.7 Å². The van der Waals surface area contributed by atoms with Crippen LogP contribution >= 0.6 is 0 Å². The zero-order valence-corrected chi connectivity index (χ0v) is 19.2. The lowest BCUT2D eigenvalue weighted by Crippen LogP contribution is -2.19. The molecule has 0 fully saturated rings. The van der Waals surface area contributed by atoms with E-state index in [0.29, 0.717) is 0 Å². The van der Waals surface area contributed by atoms with Gasteiger partial charge < -0.3 is 4.98 Å². The van der Waals surface area contributed by atoms with Crippen LogP contribution in [0.4, 0.5) is 0 Å². The Bertz CT molecular complexity index is 1770. The van der Waals surface area contributed by atoms with Crippen LogP contribution in [-0.4, -0.2) is 24.1 Å². The van der Waals surface area contributed by atoms with Crippen LogP contribution < -0.4 is 5.69 Å². The molecule has 0 aliphatic heterocycles. The molecule has 0 aliphatic rings. The van der Waals surface area contributed by atoms with Gasteiger partial charge in [0.2, 0.25) is 0 Å². The van der Waals surface area contributed by atoms with Crippen LogP contribution in [0.15, 0.2) is 83.8 Å². The van der Waals surface area contributed by atoms with Crippen molar-refractivity contribution in [2.75, 3.05) is 0 Å². The molecule has 3 aromatic heterocycles. The van der Waals surface area contributed by atoms with Gasteiger partial charge in [0, 0.05) is 42.4 Å². The lowest BCUT2D eigenvalue weighted by atomic mass is 10.0. The highest BCUT2D eigenvalue weighted by atomic mass is 16.1. The molecule has 3 aromatic carbocycles. The highest BCUT2D eigenvalue weighted by Crippen LogP contribution is 2.35. The number of fused-ring (bicyclic) bond motifs is 2. The minimum absolute atomic E-state index is 0.0430. The maximum atomic E-state index is 12.5. The molecule has 0 saturated carbocycles. The number of aromatic nitrogens is 5. The quantitative estimate of drug-likeness (QED) is 0.393. The van der Waals surface area contributed by atoms with E-state index in [1.54, 1.807) is 23.2 Å². The van der Waals surface area contributed by atoms with Crippen molar-refractivity contribution in [1.82, 2.24) is 24.1 Å². The molecule has 34 heavy (non-hydrogen) atoms. The fourth-order valence-corrected chi connectivity index (χ4v) is 4.58. The summed E-state index contributed by atoms with van der Waals surface area (Å²) in [5.41, 5.74) is 8.56. The minimum Gasteiger partial charge on any atom is -0.337 e. The molecule has 6 rings (SSSR count). The maximum Gasteiger partial charge on any atom is 0.328 e. The first kappa shape index (κ1) is 20.2. The maximum absolute atomic E-state index is 12.5. The summed E-state index contributed by atoms with van der Waals surface area (Å²) in [6.45, 7) is 2.08. The molecule has 0 saturated heterocycles. The molecule has 0 amide bonds. The van der Waals surface area contributed by atoms with Gasteiger partial charge >= 0.3 is 5.69 Å². The first-order chi connectivity index (χ1) is 16.5. The van der Waals surface area contributed by atoms with E-state index in [1.165, 1.54) is 5.56 Å². The van der Waals surface area contributed by atoms with Gasteiger partial charge in [0.05, 0.1) is 27.9 Å². The van der Waals surface area contributed by atoms with Gasteiger partial charge in [0.25, 0.3) is 0 Å². The number of imidazole rings is 2. The summed E-state index contributed by atoms with van der Waals surface area (Å²) in [6, 6.07) is 24.6. The predicted molar refractivity (Wildman–Crippen MR) is 137 cm³/mol. The average molecular weight is 446 g/mol. The van der Waals surface area contributed by atoms with Crippen LogP contribution in [0, 0.1) is 6.92 Å². The molecule has 166 valence electrons. The second kappa shape index (κ2) is 7.56. The second-order valence-corrected chi connectivity index (χ2v) is 8.70. The first-order valence-corrected chi connectivity index (χ1v) is 11.2. The van der Waals surface area contributed by atoms with Gasteiger partial charge in [-0.1, -0.05) is 48.0 Å². The van der Waals surface area contributed by atoms with E-state index < -0.39 is 0 Å². The van der Waals surface area contributed by atoms with Crippen molar-refractivity contribution in [2.45, 2.75) is 6.92 Å². The first-order valence-electron chi connectivity index (χ1n) is 11.2. The Balaban J connectivity index is 1.59. The highest BCUT2D eigenvalue weighted by Gasteiger charge is 2.18. The number of para-hydroxylation sites is 1.